The van der Waals surface area contributed by atoms with E-state index in [1.54, 1.807) is 18.0 Å². The van der Waals surface area contributed by atoms with Crippen LogP contribution in [0, 0.1) is 6.92 Å². The topological polar surface area (TPSA) is 52.6 Å². The molecule has 4 nitrogen and oxygen atoms in total. The number of hydrogen-bond donors (Lipinski definition) is 2. The SMILES string of the molecule is CCN(C)C(=O)C(C)NCc1cc(C)ccc1O. The average molecular weight is 250 g/mol. The lowest BCUT2D eigenvalue weighted by atomic mass is 10.1. The zero-order valence-electron chi connectivity index (χ0n) is 11.5. The number of amides is 1. The number of aryl methyl sites for hydroxylation is 1. The molecule has 100 valence electrons. The van der Waals surface area contributed by atoms with Gasteiger partial charge >= 0.3 is 0 Å². The quantitative estimate of drug-likeness (QED) is 0.835. The molecule has 1 atom stereocenters. The van der Waals surface area contributed by atoms with Crippen LogP contribution in [0.1, 0.15) is 25.0 Å². The van der Waals surface area contributed by atoms with Gasteiger partial charge in [-0.25, -0.2) is 0 Å². The molecule has 0 aliphatic rings. The third-order valence-corrected chi connectivity index (χ3v) is 3.05. The van der Waals surface area contributed by atoms with Crippen molar-refractivity contribution in [1.29, 1.82) is 0 Å². The summed E-state index contributed by atoms with van der Waals surface area (Å²) in [5.74, 6) is 0.321. The second-order valence-corrected chi connectivity index (χ2v) is 4.59. The summed E-state index contributed by atoms with van der Waals surface area (Å²) in [6.45, 7) is 6.93. The molecule has 1 unspecified atom stereocenters. The lowest BCUT2D eigenvalue weighted by Crippen LogP contribution is -2.42. The van der Waals surface area contributed by atoms with E-state index >= 15 is 0 Å². The van der Waals surface area contributed by atoms with Gasteiger partial charge in [-0.1, -0.05) is 17.7 Å². The average Bonchev–Trinajstić information content (AvgIpc) is 2.37. The van der Waals surface area contributed by atoms with Gasteiger partial charge in [-0.05, 0) is 26.8 Å². The van der Waals surface area contributed by atoms with Gasteiger partial charge in [0, 0.05) is 25.7 Å². The summed E-state index contributed by atoms with van der Waals surface area (Å²) in [6, 6.07) is 5.20. The maximum atomic E-state index is 11.8. The van der Waals surface area contributed by atoms with E-state index < -0.39 is 0 Å². The molecular weight excluding hydrogens is 228 g/mol. The van der Waals surface area contributed by atoms with Crippen LogP contribution in [0.2, 0.25) is 0 Å². The Labute approximate surface area is 109 Å². The monoisotopic (exact) mass is 250 g/mol. The van der Waals surface area contributed by atoms with Crippen LogP contribution >= 0.6 is 0 Å². The number of benzene rings is 1. The Morgan fingerprint density at radius 2 is 2.17 bits per heavy atom. The highest BCUT2D eigenvalue weighted by Crippen LogP contribution is 2.17. The number of aromatic hydroxyl groups is 1. The predicted molar refractivity (Wildman–Crippen MR) is 72.5 cm³/mol. The van der Waals surface area contributed by atoms with E-state index in [4.69, 9.17) is 0 Å². The fraction of sp³-hybridized carbons (Fsp3) is 0.500. The molecular formula is C14H22N2O2. The van der Waals surface area contributed by atoms with Crippen molar-refractivity contribution in [1.82, 2.24) is 10.2 Å². The van der Waals surface area contributed by atoms with Gasteiger partial charge < -0.3 is 15.3 Å². The van der Waals surface area contributed by atoms with Gasteiger partial charge in [-0.2, -0.15) is 0 Å². The molecule has 0 saturated heterocycles. The Bertz CT molecular complexity index is 418. The molecule has 0 spiro atoms. The lowest BCUT2D eigenvalue weighted by Gasteiger charge is -2.20. The molecule has 0 saturated carbocycles. The minimum atomic E-state index is -0.255. The molecule has 4 heteroatoms. The smallest absolute Gasteiger partial charge is 0.239 e. The van der Waals surface area contributed by atoms with Crippen LogP contribution in [0.5, 0.6) is 5.75 Å². The van der Waals surface area contributed by atoms with Crippen molar-refractivity contribution in [2.45, 2.75) is 33.4 Å². The molecule has 1 aromatic rings. The second kappa shape index (κ2) is 6.40. The van der Waals surface area contributed by atoms with Gasteiger partial charge in [0.25, 0.3) is 0 Å². The maximum absolute atomic E-state index is 11.8. The fourth-order valence-electron chi connectivity index (χ4n) is 1.69. The second-order valence-electron chi connectivity index (χ2n) is 4.59. The van der Waals surface area contributed by atoms with Crippen LogP contribution in [0.3, 0.4) is 0 Å². The number of nitrogens with one attached hydrogen (secondary N) is 1. The largest absolute Gasteiger partial charge is 0.508 e. The maximum Gasteiger partial charge on any atom is 0.239 e. The van der Waals surface area contributed by atoms with Gasteiger partial charge in [0.2, 0.25) is 5.91 Å². The van der Waals surface area contributed by atoms with Crippen LogP contribution < -0.4 is 5.32 Å². The Balaban J connectivity index is 2.59. The molecule has 1 aromatic carbocycles. The number of rotatable bonds is 5. The molecule has 0 fully saturated rings. The third-order valence-electron chi connectivity index (χ3n) is 3.05. The fourth-order valence-corrected chi connectivity index (χ4v) is 1.69. The van der Waals surface area contributed by atoms with Gasteiger partial charge in [0.05, 0.1) is 6.04 Å². The van der Waals surface area contributed by atoms with Crippen LogP contribution in [-0.2, 0) is 11.3 Å². The van der Waals surface area contributed by atoms with Crippen molar-refractivity contribution in [3.8, 4) is 5.75 Å². The van der Waals surface area contributed by atoms with Crippen molar-refractivity contribution in [2.75, 3.05) is 13.6 Å². The molecule has 1 amide bonds. The lowest BCUT2D eigenvalue weighted by molar-refractivity contribution is -0.131. The van der Waals surface area contributed by atoms with E-state index in [1.807, 2.05) is 32.9 Å². The Hall–Kier alpha value is -1.55. The zero-order chi connectivity index (χ0) is 13.7. The van der Waals surface area contributed by atoms with Crippen molar-refractivity contribution < 1.29 is 9.90 Å². The number of hydrogen-bond acceptors (Lipinski definition) is 3. The highest BCUT2D eigenvalue weighted by Gasteiger charge is 2.15. The van der Waals surface area contributed by atoms with Crippen LogP contribution in [0.25, 0.3) is 0 Å². The molecule has 0 aromatic heterocycles. The number of nitrogens with zero attached hydrogens (tertiary/aromatic N) is 1. The van der Waals surface area contributed by atoms with Crippen LogP contribution in [-0.4, -0.2) is 35.5 Å². The molecule has 0 heterocycles. The van der Waals surface area contributed by atoms with Crippen molar-refractivity contribution >= 4 is 5.91 Å². The van der Waals surface area contributed by atoms with E-state index in [0.29, 0.717) is 13.1 Å². The standard InChI is InChI=1S/C14H22N2O2/c1-5-16(4)14(18)11(3)15-9-12-8-10(2)6-7-13(12)17/h6-8,11,15,17H,5,9H2,1-4H3. The summed E-state index contributed by atoms with van der Waals surface area (Å²) in [5.41, 5.74) is 1.91. The molecule has 18 heavy (non-hydrogen) atoms. The van der Waals surface area contributed by atoms with E-state index in [0.717, 1.165) is 11.1 Å². The number of carbonyl (C=O) groups is 1. The van der Waals surface area contributed by atoms with E-state index in [-0.39, 0.29) is 17.7 Å². The highest BCUT2D eigenvalue weighted by atomic mass is 16.3. The number of likely N-dealkylation sites (N-methyl/N-ethyl adjacent to an activating group) is 1. The summed E-state index contributed by atoms with van der Waals surface area (Å²) in [6.07, 6.45) is 0. The summed E-state index contributed by atoms with van der Waals surface area (Å²) in [7, 11) is 1.78. The van der Waals surface area contributed by atoms with Crippen molar-refractivity contribution in [3.63, 3.8) is 0 Å². The van der Waals surface area contributed by atoms with Gasteiger partial charge in [0.15, 0.2) is 0 Å². The van der Waals surface area contributed by atoms with E-state index in [1.165, 1.54) is 0 Å². The number of phenols is 1. The predicted octanol–water partition coefficient (Wildman–Crippen LogP) is 1.66. The van der Waals surface area contributed by atoms with E-state index in [2.05, 4.69) is 5.32 Å². The molecule has 0 radical (unpaired) electrons. The Morgan fingerprint density at radius 3 is 2.78 bits per heavy atom. The zero-order valence-corrected chi connectivity index (χ0v) is 11.5. The minimum absolute atomic E-state index is 0.0599. The van der Waals surface area contributed by atoms with E-state index in [9.17, 15) is 9.90 Å². The molecule has 0 aliphatic heterocycles. The normalized spacial score (nSPS) is 12.2. The van der Waals surface area contributed by atoms with Crippen LogP contribution in [0.4, 0.5) is 0 Å². The first-order valence-corrected chi connectivity index (χ1v) is 6.22. The first-order chi connectivity index (χ1) is 8.45. The third kappa shape index (κ3) is 3.74. The summed E-state index contributed by atoms with van der Waals surface area (Å²) >= 11 is 0. The molecule has 0 bridgehead atoms. The van der Waals surface area contributed by atoms with Crippen molar-refractivity contribution in [3.05, 3.63) is 29.3 Å². The summed E-state index contributed by atoms with van der Waals surface area (Å²) in [5, 5.41) is 12.8. The van der Waals surface area contributed by atoms with Gasteiger partial charge in [-0.3, -0.25) is 4.79 Å². The van der Waals surface area contributed by atoms with Gasteiger partial charge in [0.1, 0.15) is 5.75 Å². The molecule has 0 aliphatic carbocycles. The molecule has 1 rings (SSSR count). The summed E-state index contributed by atoms with van der Waals surface area (Å²) in [4.78, 5) is 13.5. The number of carbonyl (C=O) groups excluding carboxylic acids is 1. The molecule has 2 N–H and O–H groups in total. The summed E-state index contributed by atoms with van der Waals surface area (Å²) < 4.78 is 0. The minimum Gasteiger partial charge on any atom is -0.508 e. The highest BCUT2D eigenvalue weighted by molar-refractivity contribution is 5.81. The first kappa shape index (κ1) is 14.5. The van der Waals surface area contributed by atoms with Gasteiger partial charge in [-0.15, -0.1) is 0 Å². The number of phenolic OH excluding ortho intramolecular Hbond substituents is 1. The van der Waals surface area contributed by atoms with Crippen molar-refractivity contribution in [2.24, 2.45) is 0 Å². The first-order valence-electron chi connectivity index (χ1n) is 6.22. The Morgan fingerprint density at radius 1 is 1.50 bits per heavy atom. The van der Waals surface area contributed by atoms with Crippen LogP contribution in [0.15, 0.2) is 18.2 Å². The Kier molecular flexibility index (Phi) is 5.16.